The van der Waals surface area contributed by atoms with Crippen LogP contribution in [0.5, 0.6) is 0 Å². The van der Waals surface area contributed by atoms with Gasteiger partial charge in [-0.05, 0) is 37.5 Å². The van der Waals surface area contributed by atoms with Gasteiger partial charge < -0.3 is 15.8 Å². The molecule has 0 radical (unpaired) electrons. The van der Waals surface area contributed by atoms with Crippen molar-refractivity contribution in [1.29, 1.82) is 0 Å². The van der Waals surface area contributed by atoms with Crippen molar-refractivity contribution in [3.8, 4) is 0 Å². The maximum atomic E-state index is 5.92. The summed E-state index contributed by atoms with van der Waals surface area (Å²) in [4.78, 5) is 0. The SMILES string of the molecule is CC1CCC(C(CN)NCC2CCCO2)CC1. The fourth-order valence-electron chi connectivity index (χ4n) is 3.22. The van der Waals surface area contributed by atoms with Gasteiger partial charge in [-0.15, -0.1) is 0 Å². The zero-order valence-electron chi connectivity index (χ0n) is 11.2. The molecule has 1 aliphatic heterocycles. The van der Waals surface area contributed by atoms with E-state index in [2.05, 4.69) is 12.2 Å². The Kier molecular flexibility index (Phi) is 5.26. The molecule has 3 heteroatoms. The Labute approximate surface area is 105 Å². The standard InChI is InChI=1S/C14H28N2O/c1-11-4-6-12(7-5-11)14(9-15)16-10-13-3-2-8-17-13/h11-14,16H,2-10,15H2,1H3. The molecule has 2 unspecified atom stereocenters. The van der Waals surface area contributed by atoms with Crippen LogP contribution in [-0.4, -0.2) is 31.8 Å². The molecular formula is C14H28N2O. The number of ether oxygens (including phenoxy) is 1. The molecule has 1 aliphatic carbocycles. The van der Waals surface area contributed by atoms with Gasteiger partial charge in [0.05, 0.1) is 6.10 Å². The minimum Gasteiger partial charge on any atom is -0.377 e. The molecule has 2 rings (SSSR count). The first-order valence-electron chi connectivity index (χ1n) is 7.34. The molecule has 0 aromatic heterocycles. The van der Waals surface area contributed by atoms with Gasteiger partial charge in [0.15, 0.2) is 0 Å². The highest BCUT2D eigenvalue weighted by Gasteiger charge is 2.26. The molecule has 1 heterocycles. The van der Waals surface area contributed by atoms with Gasteiger partial charge in [0.25, 0.3) is 0 Å². The second-order valence-corrected chi connectivity index (χ2v) is 5.91. The number of hydrogen-bond donors (Lipinski definition) is 2. The average Bonchev–Trinajstić information content (AvgIpc) is 2.85. The zero-order valence-corrected chi connectivity index (χ0v) is 11.2. The second kappa shape index (κ2) is 6.72. The van der Waals surface area contributed by atoms with Gasteiger partial charge in [0.1, 0.15) is 0 Å². The Morgan fingerprint density at radius 3 is 2.59 bits per heavy atom. The summed E-state index contributed by atoms with van der Waals surface area (Å²) in [6.45, 7) is 5.08. The summed E-state index contributed by atoms with van der Waals surface area (Å²) in [6, 6.07) is 0.506. The molecule has 0 spiro atoms. The highest BCUT2D eigenvalue weighted by atomic mass is 16.5. The number of nitrogens with one attached hydrogen (secondary N) is 1. The third kappa shape index (κ3) is 3.94. The van der Waals surface area contributed by atoms with E-state index in [1.807, 2.05) is 0 Å². The lowest BCUT2D eigenvalue weighted by Gasteiger charge is -2.33. The predicted octanol–water partition coefficient (Wildman–Crippen LogP) is 1.91. The first-order valence-corrected chi connectivity index (χ1v) is 7.34. The van der Waals surface area contributed by atoms with Crippen LogP contribution >= 0.6 is 0 Å². The molecule has 3 nitrogen and oxygen atoms in total. The van der Waals surface area contributed by atoms with Gasteiger partial charge in [0, 0.05) is 25.7 Å². The quantitative estimate of drug-likeness (QED) is 0.771. The fourth-order valence-corrected chi connectivity index (χ4v) is 3.22. The summed E-state index contributed by atoms with van der Waals surface area (Å²) in [5.41, 5.74) is 5.92. The topological polar surface area (TPSA) is 47.3 Å². The van der Waals surface area contributed by atoms with E-state index in [9.17, 15) is 0 Å². The van der Waals surface area contributed by atoms with Crippen molar-refractivity contribution in [2.75, 3.05) is 19.7 Å². The summed E-state index contributed by atoms with van der Waals surface area (Å²) in [5, 5.41) is 3.65. The molecular weight excluding hydrogens is 212 g/mol. The van der Waals surface area contributed by atoms with Crippen molar-refractivity contribution >= 4 is 0 Å². The Hall–Kier alpha value is -0.120. The minimum atomic E-state index is 0.437. The van der Waals surface area contributed by atoms with Crippen LogP contribution in [0.25, 0.3) is 0 Å². The van der Waals surface area contributed by atoms with E-state index in [0.29, 0.717) is 12.1 Å². The lowest BCUT2D eigenvalue weighted by Crippen LogP contribution is -2.46. The van der Waals surface area contributed by atoms with Crippen LogP contribution in [0, 0.1) is 11.8 Å². The Morgan fingerprint density at radius 1 is 1.24 bits per heavy atom. The molecule has 17 heavy (non-hydrogen) atoms. The summed E-state index contributed by atoms with van der Waals surface area (Å²) < 4.78 is 5.65. The third-order valence-corrected chi connectivity index (χ3v) is 4.52. The Balaban J connectivity index is 1.71. The van der Waals surface area contributed by atoms with Gasteiger partial charge in [-0.3, -0.25) is 0 Å². The first-order chi connectivity index (χ1) is 8.29. The summed E-state index contributed by atoms with van der Waals surface area (Å²) >= 11 is 0. The van der Waals surface area contributed by atoms with Gasteiger partial charge in [0.2, 0.25) is 0 Å². The average molecular weight is 240 g/mol. The Morgan fingerprint density at radius 2 is 2.00 bits per heavy atom. The minimum absolute atomic E-state index is 0.437. The molecule has 0 bridgehead atoms. The van der Waals surface area contributed by atoms with E-state index in [0.717, 1.165) is 31.5 Å². The summed E-state index contributed by atoms with van der Waals surface area (Å²) in [5.74, 6) is 1.71. The molecule has 1 saturated heterocycles. The van der Waals surface area contributed by atoms with Crippen LogP contribution in [0.15, 0.2) is 0 Å². The molecule has 0 aromatic rings. The molecule has 0 amide bonds. The van der Waals surface area contributed by atoms with Crippen molar-refractivity contribution in [3.05, 3.63) is 0 Å². The monoisotopic (exact) mass is 240 g/mol. The van der Waals surface area contributed by atoms with Crippen molar-refractivity contribution in [2.24, 2.45) is 17.6 Å². The molecule has 0 aromatic carbocycles. The van der Waals surface area contributed by atoms with E-state index in [1.165, 1.54) is 38.5 Å². The van der Waals surface area contributed by atoms with Gasteiger partial charge in [-0.1, -0.05) is 19.8 Å². The van der Waals surface area contributed by atoms with E-state index >= 15 is 0 Å². The van der Waals surface area contributed by atoms with Crippen LogP contribution in [0.4, 0.5) is 0 Å². The van der Waals surface area contributed by atoms with Crippen LogP contribution in [0.1, 0.15) is 45.4 Å². The van der Waals surface area contributed by atoms with E-state index in [-0.39, 0.29) is 0 Å². The lowest BCUT2D eigenvalue weighted by atomic mass is 9.79. The smallest absolute Gasteiger partial charge is 0.0700 e. The molecule has 2 fully saturated rings. The highest BCUT2D eigenvalue weighted by Crippen LogP contribution is 2.30. The van der Waals surface area contributed by atoms with E-state index in [4.69, 9.17) is 10.5 Å². The van der Waals surface area contributed by atoms with Gasteiger partial charge >= 0.3 is 0 Å². The van der Waals surface area contributed by atoms with Gasteiger partial charge in [-0.2, -0.15) is 0 Å². The lowest BCUT2D eigenvalue weighted by molar-refractivity contribution is 0.102. The largest absolute Gasteiger partial charge is 0.377 e. The van der Waals surface area contributed by atoms with Crippen LogP contribution in [0.2, 0.25) is 0 Å². The van der Waals surface area contributed by atoms with Crippen molar-refractivity contribution < 1.29 is 4.74 Å². The van der Waals surface area contributed by atoms with Gasteiger partial charge in [-0.25, -0.2) is 0 Å². The fraction of sp³-hybridized carbons (Fsp3) is 1.00. The van der Waals surface area contributed by atoms with Crippen LogP contribution in [0.3, 0.4) is 0 Å². The molecule has 1 saturated carbocycles. The van der Waals surface area contributed by atoms with E-state index in [1.54, 1.807) is 0 Å². The maximum Gasteiger partial charge on any atom is 0.0700 e. The zero-order chi connectivity index (χ0) is 12.1. The van der Waals surface area contributed by atoms with Crippen LogP contribution in [-0.2, 0) is 4.74 Å². The predicted molar refractivity (Wildman–Crippen MR) is 70.9 cm³/mol. The third-order valence-electron chi connectivity index (χ3n) is 4.52. The second-order valence-electron chi connectivity index (χ2n) is 5.91. The molecule has 100 valence electrons. The normalized spacial score (nSPS) is 36.0. The molecule has 2 aliphatic rings. The molecule has 3 N–H and O–H groups in total. The summed E-state index contributed by atoms with van der Waals surface area (Å²) in [7, 11) is 0. The summed E-state index contributed by atoms with van der Waals surface area (Å²) in [6.07, 6.45) is 8.33. The van der Waals surface area contributed by atoms with Crippen molar-refractivity contribution in [1.82, 2.24) is 5.32 Å². The number of nitrogens with two attached hydrogens (primary N) is 1. The molecule has 2 atom stereocenters. The maximum absolute atomic E-state index is 5.92. The first kappa shape index (κ1) is 13.3. The number of hydrogen-bond acceptors (Lipinski definition) is 3. The Bertz CT molecular complexity index is 208. The van der Waals surface area contributed by atoms with Crippen LogP contribution < -0.4 is 11.1 Å². The van der Waals surface area contributed by atoms with Crippen molar-refractivity contribution in [3.63, 3.8) is 0 Å². The van der Waals surface area contributed by atoms with Crippen molar-refractivity contribution in [2.45, 2.75) is 57.6 Å². The highest BCUT2D eigenvalue weighted by molar-refractivity contribution is 4.83. The number of rotatable bonds is 5. The van der Waals surface area contributed by atoms with E-state index < -0.39 is 0 Å².